The standard InChI is InChI=1S/C14H17N3OS/c1-9-3-5-12(10(2)7-9)17-13(18)6-4-11-8-19-14(15)16-11/h3,5,7-8H,4,6H2,1-2H3,(H2,15,16)(H,17,18). The third-order valence-electron chi connectivity index (χ3n) is 2.83. The van der Waals surface area contributed by atoms with Gasteiger partial charge in [0.15, 0.2) is 5.13 Å². The topological polar surface area (TPSA) is 68.0 Å². The largest absolute Gasteiger partial charge is 0.375 e. The van der Waals surface area contributed by atoms with Crippen LogP contribution >= 0.6 is 11.3 Å². The van der Waals surface area contributed by atoms with Gasteiger partial charge in [-0.2, -0.15) is 0 Å². The molecule has 4 nitrogen and oxygen atoms in total. The second-order valence-corrected chi connectivity index (χ2v) is 5.43. The molecule has 19 heavy (non-hydrogen) atoms. The van der Waals surface area contributed by atoms with Crippen molar-refractivity contribution >= 4 is 28.1 Å². The lowest BCUT2D eigenvalue weighted by Crippen LogP contribution is -2.13. The second kappa shape index (κ2) is 5.84. The van der Waals surface area contributed by atoms with Crippen LogP contribution in [-0.2, 0) is 11.2 Å². The quantitative estimate of drug-likeness (QED) is 0.901. The molecule has 0 saturated heterocycles. The first-order chi connectivity index (χ1) is 9.04. The Morgan fingerprint density at radius 3 is 2.84 bits per heavy atom. The van der Waals surface area contributed by atoms with Gasteiger partial charge in [0.05, 0.1) is 5.69 Å². The van der Waals surface area contributed by atoms with Gasteiger partial charge in [-0.25, -0.2) is 4.98 Å². The maximum atomic E-state index is 11.9. The average Bonchev–Trinajstić information content (AvgIpc) is 2.76. The fraction of sp³-hybridized carbons (Fsp3) is 0.286. The fourth-order valence-electron chi connectivity index (χ4n) is 1.85. The molecule has 100 valence electrons. The molecule has 0 aliphatic rings. The number of aryl methyl sites for hydroxylation is 3. The number of amides is 1. The van der Waals surface area contributed by atoms with Crippen LogP contribution in [0.2, 0.25) is 0 Å². The molecule has 0 bridgehead atoms. The first-order valence-corrected chi connectivity index (χ1v) is 6.99. The van der Waals surface area contributed by atoms with Crippen molar-refractivity contribution in [3.8, 4) is 0 Å². The van der Waals surface area contributed by atoms with Crippen LogP contribution in [0.25, 0.3) is 0 Å². The molecule has 2 rings (SSSR count). The molecule has 2 aromatic rings. The van der Waals surface area contributed by atoms with Crippen molar-refractivity contribution in [2.75, 3.05) is 11.1 Å². The Morgan fingerprint density at radius 1 is 1.42 bits per heavy atom. The third-order valence-corrected chi connectivity index (χ3v) is 3.56. The Hall–Kier alpha value is -1.88. The van der Waals surface area contributed by atoms with E-state index >= 15 is 0 Å². The minimum Gasteiger partial charge on any atom is -0.375 e. The van der Waals surface area contributed by atoms with Gasteiger partial charge in [-0.05, 0) is 31.9 Å². The molecular weight excluding hydrogens is 258 g/mol. The predicted molar refractivity (Wildman–Crippen MR) is 79.4 cm³/mol. The van der Waals surface area contributed by atoms with E-state index in [4.69, 9.17) is 5.73 Å². The van der Waals surface area contributed by atoms with E-state index in [-0.39, 0.29) is 5.91 Å². The summed E-state index contributed by atoms with van der Waals surface area (Å²) < 4.78 is 0. The number of hydrogen-bond donors (Lipinski definition) is 2. The van der Waals surface area contributed by atoms with Crippen LogP contribution < -0.4 is 11.1 Å². The number of carbonyl (C=O) groups excluding carboxylic acids is 1. The summed E-state index contributed by atoms with van der Waals surface area (Å²) in [6, 6.07) is 5.98. The highest BCUT2D eigenvalue weighted by atomic mass is 32.1. The van der Waals surface area contributed by atoms with Crippen molar-refractivity contribution in [2.45, 2.75) is 26.7 Å². The number of nitrogens with one attached hydrogen (secondary N) is 1. The number of nitrogens with two attached hydrogens (primary N) is 1. The Bertz CT molecular complexity index is 592. The fourth-order valence-corrected chi connectivity index (χ4v) is 2.44. The highest BCUT2D eigenvalue weighted by molar-refractivity contribution is 7.13. The first-order valence-electron chi connectivity index (χ1n) is 6.11. The van der Waals surface area contributed by atoms with Crippen LogP contribution in [-0.4, -0.2) is 10.9 Å². The van der Waals surface area contributed by atoms with Crippen LogP contribution in [0.1, 0.15) is 23.2 Å². The zero-order valence-electron chi connectivity index (χ0n) is 11.1. The van der Waals surface area contributed by atoms with Crippen LogP contribution in [0.15, 0.2) is 23.6 Å². The van der Waals surface area contributed by atoms with E-state index in [2.05, 4.69) is 16.4 Å². The number of benzene rings is 1. The van der Waals surface area contributed by atoms with E-state index < -0.39 is 0 Å². The first kappa shape index (κ1) is 13.5. The molecule has 0 spiro atoms. The maximum Gasteiger partial charge on any atom is 0.224 e. The molecule has 0 atom stereocenters. The molecule has 0 aliphatic heterocycles. The van der Waals surface area contributed by atoms with Crippen molar-refractivity contribution in [1.29, 1.82) is 0 Å². The molecule has 5 heteroatoms. The summed E-state index contributed by atoms with van der Waals surface area (Å²) in [6.45, 7) is 4.02. The second-order valence-electron chi connectivity index (χ2n) is 4.54. The molecule has 0 fully saturated rings. The van der Waals surface area contributed by atoms with Gasteiger partial charge < -0.3 is 11.1 Å². The summed E-state index contributed by atoms with van der Waals surface area (Å²) >= 11 is 1.40. The van der Waals surface area contributed by atoms with Gasteiger partial charge >= 0.3 is 0 Å². The van der Waals surface area contributed by atoms with Crippen molar-refractivity contribution in [1.82, 2.24) is 4.98 Å². The van der Waals surface area contributed by atoms with E-state index in [1.54, 1.807) is 0 Å². The molecule has 0 radical (unpaired) electrons. The lowest BCUT2D eigenvalue weighted by molar-refractivity contribution is -0.116. The lowest BCUT2D eigenvalue weighted by atomic mass is 10.1. The van der Waals surface area contributed by atoms with Crippen LogP contribution in [0, 0.1) is 13.8 Å². The zero-order valence-corrected chi connectivity index (χ0v) is 11.9. The van der Waals surface area contributed by atoms with Gasteiger partial charge in [0, 0.05) is 17.5 Å². The highest BCUT2D eigenvalue weighted by Crippen LogP contribution is 2.17. The molecule has 1 amide bonds. The maximum absolute atomic E-state index is 11.9. The Kier molecular flexibility index (Phi) is 4.16. The number of nitrogens with zero attached hydrogens (tertiary/aromatic N) is 1. The van der Waals surface area contributed by atoms with Crippen molar-refractivity contribution in [3.63, 3.8) is 0 Å². The molecule has 0 saturated carbocycles. The van der Waals surface area contributed by atoms with Gasteiger partial charge in [0.25, 0.3) is 0 Å². The minimum atomic E-state index is -0.00137. The summed E-state index contributed by atoms with van der Waals surface area (Å²) in [7, 11) is 0. The Morgan fingerprint density at radius 2 is 2.21 bits per heavy atom. The van der Waals surface area contributed by atoms with Crippen LogP contribution in [0.4, 0.5) is 10.8 Å². The third kappa shape index (κ3) is 3.79. The molecule has 0 unspecified atom stereocenters. The van der Waals surface area contributed by atoms with Gasteiger partial charge in [0.1, 0.15) is 0 Å². The molecular formula is C14H17N3OS. The zero-order chi connectivity index (χ0) is 13.8. The van der Waals surface area contributed by atoms with Crippen molar-refractivity contribution in [3.05, 3.63) is 40.4 Å². The van der Waals surface area contributed by atoms with Crippen LogP contribution in [0.5, 0.6) is 0 Å². The Labute approximate surface area is 116 Å². The average molecular weight is 275 g/mol. The number of nitrogen functional groups attached to an aromatic ring is 1. The minimum absolute atomic E-state index is 0.00137. The normalized spacial score (nSPS) is 10.4. The predicted octanol–water partition coefficient (Wildman–Crippen LogP) is 2.91. The lowest BCUT2D eigenvalue weighted by Gasteiger charge is -2.08. The van der Waals surface area contributed by atoms with Crippen molar-refractivity contribution in [2.24, 2.45) is 0 Å². The highest BCUT2D eigenvalue weighted by Gasteiger charge is 2.07. The van der Waals surface area contributed by atoms with Gasteiger partial charge in [-0.1, -0.05) is 17.7 Å². The van der Waals surface area contributed by atoms with Gasteiger partial charge in [-0.3, -0.25) is 4.79 Å². The summed E-state index contributed by atoms with van der Waals surface area (Å²) in [5.41, 5.74) is 9.56. The molecule has 1 heterocycles. The number of carbonyl (C=O) groups is 1. The molecule has 0 aliphatic carbocycles. The number of rotatable bonds is 4. The molecule has 1 aromatic heterocycles. The monoisotopic (exact) mass is 275 g/mol. The van der Waals surface area contributed by atoms with Gasteiger partial charge in [0.2, 0.25) is 5.91 Å². The Balaban J connectivity index is 1.90. The van der Waals surface area contributed by atoms with Crippen molar-refractivity contribution < 1.29 is 4.79 Å². The summed E-state index contributed by atoms with van der Waals surface area (Å²) in [5.74, 6) is -0.00137. The smallest absolute Gasteiger partial charge is 0.224 e. The number of hydrogen-bond acceptors (Lipinski definition) is 4. The van der Waals surface area contributed by atoms with Gasteiger partial charge in [-0.15, -0.1) is 11.3 Å². The summed E-state index contributed by atoms with van der Waals surface area (Å²) in [4.78, 5) is 16.0. The number of anilines is 2. The van der Waals surface area contributed by atoms with E-state index in [1.165, 1.54) is 16.9 Å². The molecule has 1 aromatic carbocycles. The van der Waals surface area contributed by atoms with E-state index in [0.717, 1.165) is 16.9 Å². The van der Waals surface area contributed by atoms with E-state index in [9.17, 15) is 4.79 Å². The molecule has 3 N–H and O–H groups in total. The van der Waals surface area contributed by atoms with Crippen LogP contribution in [0.3, 0.4) is 0 Å². The SMILES string of the molecule is Cc1ccc(NC(=O)CCc2csc(N)n2)c(C)c1. The van der Waals surface area contributed by atoms with E-state index in [0.29, 0.717) is 18.0 Å². The number of thiazole rings is 1. The summed E-state index contributed by atoms with van der Waals surface area (Å²) in [5, 5.41) is 5.35. The number of aromatic nitrogens is 1. The van der Waals surface area contributed by atoms with E-state index in [1.807, 2.05) is 31.4 Å². The summed E-state index contributed by atoms with van der Waals surface area (Å²) in [6.07, 6.45) is 1.03.